The van der Waals surface area contributed by atoms with Crippen molar-refractivity contribution < 1.29 is 4.79 Å². The van der Waals surface area contributed by atoms with Gasteiger partial charge in [0.05, 0.1) is 11.2 Å². The maximum atomic E-state index is 11.8. The van der Waals surface area contributed by atoms with Crippen LogP contribution in [0.2, 0.25) is 0 Å². The van der Waals surface area contributed by atoms with Crippen molar-refractivity contribution in [3.05, 3.63) is 35.7 Å². The summed E-state index contributed by atoms with van der Waals surface area (Å²) in [6.45, 7) is 2.10. The van der Waals surface area contributed by atoms with Crippen LogP contribution in [-0.2, 0) is 0 Å². The van der Waals surface area contributed by atoms with E-state index in [2.05, 4.69) is 11.9 Å². The van der Waals surface area contributed by atoms with Gasteiger partial charge in [0, 0.05) is 18.8 Å². The van der Waals surface area contributed by atoms with Gasteiger partial charge in [0.25, 0.3) is 0 Å². The van der Waals surface area contributed by atoms with Crippen LogP contribution in [0.1, 0.15) is 35.9 Å². The smallest absolute Gasteiger partial charge is 0.172 e. The minimum atomic E-state index is 0.248. The molecule has 0 aliphatic rings. The fourth-order valence-corrected chi connectivity index (χ4v) is 2.39. The Hall–Kier alpha value is -1.42. The van der Waals surface area contributed by atoms with Gasteiger partial charge in [0.15, 0.2) is 5.78 Å². The molecule has 0 aliphatic carbocycles. The number of aromatic nitrogens is 2. The molecule has 4 heteroatoms. The van der Waals surface area contributed by atoms with E-state index in [1.165, 1.54) is 11.3 Å². The molecule has 2 aromatic heterocycles. The van der Waals surface area contributed by atoms with Crippen LogP contribution < -0.4 is 0 Å². The van der Waals surface area contributed by atoms with Gasteiger partial charge in [-0.1, -0.05) is 13.3 Å². The first-order valence-electron chi connectivity index (χ1n) is 5.42. The third kappa shape index (κ3) is 2.39. The normalized spacial score (nSPS) is 10.6. The van der Waals surface area contributed by atoms with Crippen LogP contribution in [0.15, 0.2) is 30.9 Å². The Labute approximate surface area is 98.8 Å². The van der Waals surface area contributed by atoms with Gasteiger partial charge in [-0.3, -0.25) is 9.36 Å². The van der Waals surface area contributed by atoms with Gasteiger partial charge in [-0.05, 0) is 18.6 Å². The summed E-state index contributed by atoms with van der Waals surface area (Å²) in [5, 5.41) is 1.04. The highest BCUT2D eigenvalue weighted by molar-refractivity contribution is 7.16. The minimum Gasteiger partial charge on any atom is -0.298 e. The molecule has 16 heavy (non-hydrogen) atoms. The second-order valence-electron chi connectivity index (χ2n) is 3.63. The number of unbranched alkanes of at least 4 members (excludes halogenated alkanes) is 1. The zero-order valence-corrected chi connectivity index (χ0v) is 10.0. The molecular weight excluding hydrogens is 220 g/mol. The third-order valence-electron chi connectivity index (χ3n) is 2.38. The molecule has 84 valence electrons. The van der Waals surface area contributed by atoms with Crippen molar-refractivity contribution >= 4 is 17.1 Å². The second-order valence-corrected chi connectivity index (χ2v) is 4.70. The van der Waals surface area contributed by atoms with E-state index in [4.69, 9.17) is 0 Å². The van der Waals surface area contributed by atoms with E-state index in [-0.39, 0.29) is 5.78 Å². The summed E-state index contributed by atoms with van der Waals surface area (Å²) >= 11 is 1.52. The number of carbonyl (C=O) groups excluding carboxylic acids is 1. The lowest BCUT2D eigenvalue weighted by Crippen LogP contribution is -1.94. The van der Waals surface area contributed by atoms with Gasteiger partial charge < -0.3 is 0 Å². The predicted octanol–water partition coefficient (Wildman–Crippen LogP) is 3.31. The van der Waals surface area contributed by atoms with Gasteiger partial charge in [-0.25, -0.2) is 4.98 Å². The van der Waals surface area contributed by atoms with Crippen molar-refractivity contribution in [2.45, 2.75) is 26.2 Å². The SMILES string of the molecule is CCCCC(=O)c1ccc(-n2ccnc2)s1. The molecule has 2 heterocycles. The lowest BCUT2D eigenvalue weighted by Gasteiger charge is -1.96. The Kier molecular flexibility index (Phi) is 3.51. The molecule has 0 amide bonds. The molecule has 0 saturated heterocycles. The molecule has 0 unspecified atom stereocenters. The molecule has 0 atom stereocenters. The Balaban J connectivity index is 2.11. The maximum Gasteiger partial charge on any atom is 0.172 e. The summed E-state index contributed by atoms with van der Waals surface area (Å²) in [6, 6.07) is 3.86. The zero-order valence-electron chi connectivity index (χ0n) is 9.22. The molecule has 0 aromatic carbocycles. The Morgan fingerprint density at radius 3 is 3.06 bits per heavy atom. The fourth-order valence-electron chi connectivity index (χ4n) is 1.47. The zero-order chi connectivity index (χ0) is 11.4. The van der Waals surface area contributed by atoms with Crippen LogP contribution in [0, 0.1) is 0 Å². The second kappa shape index (κ2) is 5.07. The van der Waals surface area contributed by atoms with Crippen LogP contribution in [-0.4, -0.2) is 15.3 Å². The van der Waals surface area contributed by atoms with Crippen LogP contribution in [0.25, 0.3) is 5.00 Å². The van der Waals surface area contributed by atoms with Gasteiger partial charge in [-0.2, -0.15) is 0 Å². The highest BCUT2D eigenvalue weighted by Gasteiger charge is 2.09. The number of imidazole rings is 1. The standard InChI is InChI=1S/C12H14N2OS/c1-2-3-4-10(15)11-5-6-12(16-11)14-8-7-13-9-14/h5-9H,2-4H2,1H3. The fraction of sp³-hybridized carbons (Fsp3) is 0.333. The molecule has 0 bridgehead atoms. The summed E-state index contributed by atoms with van der Waals surface area (Å²) in [5.41, 5.74) is 0. The average molecular weight is 234 g/mol. The molecule has 0 spiro atoms. The summed E-state index contributed by atoms with van der Waals surface area (Å²) in [6.07, 6.45) is 8.04. The van der Waals surface area contributed by atoms with Crippen molar-refractivity contribution in [3.63, 3.8) is 0 Å². The van der Waals surface area contributed by atoms with Gasteiger partial charge in [-0.15, -0.1) is 11.3 Å². The number of hydrogen-bond donors (Lipinski definition) is 0. The Morgan fingerprint density at radius 2 is 2.38 bits per heavy atom. The first kappa shape index (κ1) is 11.1. The summed E-state index contributed by atoms with van der Waals surface area (Å²) < 4.78 is 1.92. The first-order valence-corrected chi connectivity index (χ1v) is 6.24. The van der Waals surface area contributed by atoms with Crippen molar-refractivity contribution in [2.24, 2.45) is 0 Å². The number of rotatable bonds is 5. The summed E-state index contributed by atoms with van der Waals surface area (Å²) in [7, 11) is 0. The van der Waals surface area contributed by atoms with Crippen molar-refractivity contribution in [1.82, 2.24) is 9.55 Å². The van der Waals surface area contributed by atoms with Gasteiger partial charge in [0.2, 0.25) is 0 Å². The maximum absolute atomic E-state index is 11.8. The van der Waals surface area contributed by atoms with Crippen molar-refractivity contribution in [3.8, 4) is 5.00 Å². The lowest BCUT2D eigenvalue weighted by atomic mass is 10.1. The number of ketones is 1. The largest absolute Gasteiger partial charge is 0.298 e. The average Bonchev–Trinajstić information content (AvgIpc) is 2.94. The van der Waals surface area contributed by atoms with E-state index in [0.29, 0.717) is 6.42 Å². The van der Waals surface area contributed by atoms with E-state index >= 15 is 0 Å². The number of thiophene rings is 1. The molecule has 2 aromatic rings. The monoisotopic (exact) mass is 234 g/mol. The van der Waals surface area contributed by atoms with Crippen LogP contribution in [0.5, 0.6) is 0 Å². The van der Waals surface area contributed by atoms with Crippen LogP contribution in [0.3, 0.4) is 0 Å². The molecule has 0 radical (unpaired) electrons. The summed E-state index contributed by atoms with van der Waals surface area (Å²) in [5.74, 6) is 0.248. The van der Waals surface area contributed by atoms with Gasteiger partial charge >= 0.3 is 0 Å². The predicted molar refractivity (Wildman–Crippen MR) is 65.3 cm³/mol. The molecule has 0 aliphatic heterocycles. The number of hydrogen-bond acceptors (Lipinski definition) is 3. The number of carbonyl (C=O) groups is 1. The van der Waals surface area contributed by atoms with Crippen molar-refractivity contribution in [1.29, 1.82) is 0 Å². The lowest BCUT2D eigenvalue weighted by molar-refractivity contribution is 0.0983. The van der Waals surface area contributed by atoms with E-state index < -0.39 is 0 Å². The molecule has 0 saturated carbocycles. The number of Topliss-reactive ketones (excluding diaryl/α,β-unsaturated/α-hetero) is 1. The first-order chi connectivity index (χ1) is 7.81. The van der Waals surface area contributed by atoms with Crippen LogP contribution >= 0.6 is 11.3 Å². The molecule has 2 rings (SSSR count). The minimum absolute atomic E-state index is 0.248. The Morgan fingerprint density at radius 1 is 1.50 bits per heavy atom. The van der Waals surface area contributed by atoms with E-state index in [0.717, 1.165) is 22.7 Å². The molecule has 0 fully saturated rings. The molecule has 0 N–H and O–H groups in total. The highest BCUT2D eigenvalue weighted by Crippen LogP contribution is 2.22. The highest BCUT2D eigenvalue weighted by atomic mass is 32.1. The topological polar surface area (TPSA) is 34.9 Å². The third-order valence-corrected chi connectivity index (χ3v) is 3.52. The van der Waals surface area contributed by atoms with E-state index in [9.17, 15) is 4.79 Å². The summed E-state index contributed by atoms with van der Waals surface area (Å²) in [4.78, 5) is 16.6. The molecular formula is C12H14N2OS. The quantitative estimate of drug-likeness (QED) is 0.744. The van der Waals surface area contributed by atoms with E-state index in [1.807, 2.05) is 22.9 Å². The Bertz CT molecular complexity index is 459. The van der Waals surface area contributed by atoms with Gasteiger partial charge in [0.1, 0.15) is 5.00 Å². The number of nitrogens with zero attached hydrogens (tertiary/aromatic N) is 2. The van der Waals surface area contributed by atoms with E-state index in [1.54, 1.807) is 12.5 Å². The van der Waals surface area contributed by atoms with Crippen molar-refractivity contribution in [2.75, 3.05) is 0 Å². The molecule has 3 nitrogen and oxygen atoms in total. The van der Waals surface area contributed by atoms with Crippen LogP contribution in [0.4, 0.5) is 0 Å².